The molecule has 0 spiro atoms. The van der Waals surface area contributed by atoms with E-state index in [2.05, 4.69) is 20.4 Å². The van der Waals surface area contributed by atoms with Crippen LogP contribution < -0.4 is 4.74 Å². The van der Waals surface area contributed by atoms with Crippen molar-refractivity contribution in [2.45, 2.75) is 32.4 Å². The van der Waals surface area contributed by atoms with Gasteiger partial charge in [0.25, 0.3) is 11.7 Å². The molecule has 1 saturated heterocycles. The largest absolute Gasteiger partial charge is 0.507 e. The summed E-state index contributed by atoms with van der Waals surface area (Å²) in [5.74, 6) is -0.139. The number of likely N-dealkylation sites (tertiary alicyclic amines) is 1. The fraction of sp³-hybridized carbons (Fsp3) is 0.214. The van der Waals surface area contributed by atoms with Crippen LogP contribution in [0.2, 0.25) is 0 Å². The van der Waals surface area contributed by atoms with Crippen molar-refractivity contribution in [3.63, 3.8) is 0 Å². The quantitative estimate of drug-likeness (QED) is 0.206. The number of furan rings is 1. The van der Waals surface area contributed by atoms with Crippen LogP contribution in [0.3, 0.4) is 0 Å². The Balaban J connectivity index is 1.78. The maximum Gasteiger partial charge on any atom is 0.296 e. The Hall–Kier alpha value is -4.06. The number of aliphatic hydroxyl groups excluding tert-OH is 1. The molecule has 6 nitrogen and oxygen atoms in total. The first-order valence-corrected chi connectivity index (χ1v) is 11.2. The first kappa shape index (κ1) is 23.1. The molecule has 0 bridgehead atoms. The van der Waals surface area contributed by atoms with Crippen LogP contribution in [0.25, 0.3) is 5.76 Å². The molecule has 1 aromatic heterocycles. The molecule has 0 radical (unpaired) electrons. The second-order valence-corrected chi connectivity index (χ2v) is 8.45. The molecule has 174 valence electrons. The zero-order valence-electron chi connectivity index (χ0n) is 19.2. The highest BCUT2D eigenvalue weighted by atomic mass is 16.5. The zero-order valence-corrected chi connectivity index (χ0v) is 19.2. The standard InChI is InChI=1S/C28H27NO5/c1-4-15-33-22-13-11-21(12-14-22)26(30)24-25(20-9-7-19(8-10-20)18(2)3)29(28(32)27(24)31)17-23-6-5-16-34-23/h4-14,16,18,25,30H,1,15,17H2,2-3H3. The molecule has 4 rings (SSSR count). The van der Waals surface area contributed by atoms with Gasteiger partial charge in [-0.05, 0) is 53.4 Å². The van der Waals surface area contributed by atoms with E-state index in [4.69, 9.17) is 9.15 Å². The lowest BCUT2D eigenvalue weighted by molar-refractivity contribution is -0.140. The lowest BCUT2D eigenvalue weighted by Gasteiger charge is -2.25. The Kier molecular flexibility index (Phi) is 6.68. The summed E-state index contributed by atoms with van der Waals surface area (Å²) in [6, 6.07) is 17.2. The number of nitrogens with zero attached hydrogens (tertiary/aromatic N) is 1. The van der Waals surface area contributed by atoms with Gasteiger partial charge >= 0.3 is 0 Å². The van der Waals surface area contributed by atoms with Crippen molar-refractivity contribution in [3.05, 3.63) is 108 Å². The number of benzene rings is 2. The highest BCUT2D eigenvalue weighted by molar-refractivity contribution is 6.46. The average molecular weight is 458 g/mol. The van der Waals surface area contributed by atoms with Crippen LogP contribution in [0.5, 0.6) is 5.75 Å². The fourth-order valence-corrected chi connectivity index (χ4v) is 4.04. The Labute approximate surface area is 198 Å². The van der Waals surface area contributed by atoms with Crippen molar-refractivity contribution in [1.29, 1.82) is 0 Å². The van der Waals surface area contributed by atoms with Crippen LogP contribution in [-0.4, -0.2) is 28.3 Å². The Bertz CT molecular complexity index is 1200. The molecule has 3 aromatic rings. The summed E-state index contributed by atoms with van der Waals surface area (Å²) in [4.78, 5) is 27.7. The minimum absolute atomic E-state index is 0.0496. The molecule has 1 atom stereocenters. The van der Waals surface area contributed by atoms with Crippen LogP contribution >= 0.6 is 0 Å². The van der Waals surface area contributed by atoms with Gasteiger partial charge in [-0.25, -0.2) is 0 Å². The number of carbonyl (C=O) groups is 2. The van der Waals surface area contributed by atoms with Gasteiger partial charge in [0, 0.05) is 5.56 Å². The molecule has 1 fully saturated rings. The van der Waals surface area contributed by atoms with Crippen molar-refractivity contribution in [1.82, 2.24) is 4.90 Å². The third-order valence-electron chi connectivity index (χ3n) is 5.86. The number of aliphatic hydroxyl groups is 1. The van der Waals surface area contributed by atoms with Crippen LogP contribution in [0, 0.1) is 0 Å². The first-order valence-electron chi connectivity index (χ1n) is 11.2. The van der Waals surface area contributed by atoms with Crippen molar-refractivity contribution >= 4 is 17.4 Å². The molecule has 34 heavy (non-hydrogen) atoms. The molecule has 0 saturated carbocycles. The van der Waals surface area contributed by atoms with Crippen molar-refractivity contribution in [3.8, 4) is 5.75 Å². The summed E-state index contributed by atoms with van der Waals surface area (Å²) in [5.41, 5.74) is 2.35. The van der Waals surface area contributed by atoms with Gasteiger partial charge in [-0.1, -0.05) is 50.8 Å². The van der Waals surface area contributed by atoms with Crippen molar-refractivity contribution in [2.75, 3.05) is 6.61 Å². The van der Waals surface area contributed by atoms with Gasteiger partial charge in [-0.3, -0.25) is 9.59 Å². The third kappa shape index (κ3) is 4.53. The van der Waals surface area contributed by atoms with Gasteiger partial charge in [0.05, 0.1) is 24.4 Å². The first-order chi connectivity index (χ1) is 16.4. The second kappa shape index (κ2) is 9.83. The Morgan fingerprint density at radius 3 is 2.41 bits per heavy atom. The van der Waals surface area contributed by atoms with Crippen LogP contribution in [-0.2, 0) is 16.1 Å². The Morgan fingerprint density at radius 2 is 1.82 bits per heavy atom. The number of hydrogen-bond acceptors (Lipinski definition) is 5. The summed E-state index contributed by atoms with van der Waals surface area (Å²) in [6.45, 7) is 8.28. The third-order valence-corrected chi connectivity index (χ3v) is 5.86. The van der Waals surface area contributed by atoms with Gasteiger partial charge in [0.1, 0.15) is 23.9 Å². The number of ketones is 1. The maximum absolute atomic E-state index is 13.2. The van der Waals surface area contributed by atoms with Gasteiger partial charge in [-0.2, -0.15) is 0 Å². The van der Waals surface area contributed by atoms with Gasteiger partial charge in [0.15, 0.2) is 0 Å². The summed E-state index contributed by atoms with van der Waals surface area (Å²) < 4.78 is 10.9. The van der Waals surface area contributed by atoms with E-state index in [9.17, 15) is 14.7 Å². The zero-order chi connectivity index (χ0) is 24.2. The van der Waals surface area contributed by atoms with E-state index in [1.165, 1.54) is 11.2 Å². The van der Waals surface area contributed by atoms with E-state index >= 15 is 0 Å². The monoisotopic (exact) mass is 457 g/mol. The molecule has 1 N–H and O–H groups in total. The van der Waals surface area contributed by atoms with E-state index in [1.807, 2.05) is 24.3 Å². The highest BCUT2D eigenvalue weighted by Gasteiger charge is 2.46. The molecular weight excluding hydrogens is 430 g/mol. The summed E-state index contributed by atoms with van der Waals surface area (Å²) >= 11 is 0. The van der Waals surface area contributed by atoms with Crippen LogP contribution in [0.1, 0.15) is 48.3 Å². The van der Waals surface area contributed by atoms with E-state index in [0.717, 1.165) is 11.1 Å². The molecule has 1 amide bonds. The van der Waals surface area contributed by atoms with Crippen molar-refractivity contribution in [2.24, 2.45) is 0 Å². The highest BCUT2D eigenvalue weighted by Crippen LogP contribution is 2.40. The predicted molar refractivity (Wildman–Crippen MR) is 129 cm³/mol. The topological polar surface area (TPSA) is 80.0 Å². The average Bonchev–Trinajstić information content (AvgIpc) is 3.45. The minimum atomic E-state index is -0.747. The summed E-state index contributed by atoms with van der Waals surface area (Å²) in [7, 11) is 0. The lowest BCUT2D eigenvalue weighted by atomic mass is 9.93. The van der Waals surface area contributed by atoms with E-state index < -0.39 is 17.7 Å². The molecular formula is C28H27NO5. The molecule has 2 aromatic carbocycles. The molecule has 6 heteroatoms. The normalized spacial score (nSPS) is 17.4. The molecule has 1 aliphatic heterocycles. The van der Waals surface area contributed by atoms with Crippen LogP contribution in [0.15, 0.2) is 89.6 Å². The van der Waals surface area contributed by atoms with Gasteiger partial charge in [0.2, 0.25) is 0 Å². The van der Waals surface area contributed by atoms with Crippen molar-refractivity contribution < 1.29 is 23.8 Å². The smallest absolute Gasteiger partial charge is 0.296 e. The van der Waals surface area contributed by atoms with Crippen LogP contribution in [0.4, 0.5) is 0 Å². The number of ether oxygens (including phenoxy) is 1. The molecule has 2 heterocycles. The van der Waals surface area contributed by atoms with E-state index in [0.29, 0.717) is 29.6 Å². The predicted octanol–water partition coefficient (Wildman–Crippen LogP) is 5.59. The number of amides is 1. The number of Topliss-reactive ketones (excluding diaryl/α,β-unsaturated/α-hetero) is 1. The lowest BCUT2D eigenvalue weighted by Crippen LogP contribution is -2.29. The number of rotatable bonds is 8. The SMILES string of the molecule is C=CCOc1ccc(C(O)=C2C(=O)C(=O)N(Cc3ccco3)C2c2ccc(C(C)C)cc2)cc1. The van der Waals surface area contributed by atoms with Gasteiger partial charge < -0.3 is 19.2 Å². The maximum atomic E-state index is 13.2. The number of carbonyl (C=O) groups excluding carboxylic acids is 2. The second-order valence-electron chi connectivity index (χ2n) is 8.45. The number of hydrogen-bond donors (Lipinski definition) is 1. The van der Waals surface area contributed by atoms with E-state index in [1.54, 1.807) is 42.5 Å². The van der Waals surface area contributed by atoms with Gasteiger partial charge in [-0.15, -0.1) is 0 Å². The van der Waals surface area contributed by atoms with E-state index in [-0.39, 0.29) is 17.9 Å². The minimum Gasteiger partial charge on any atom is -0.507 e. The molecule has 1 unspecified atom stereocenters. The summed E-state index contributed by atoms with van der Waals surface area (Å²) in [5, 5.41) is 11.2. The molecule has 0 aliphatic carbocycles. The fourth-order valence-electron chi connectivity index (χ4n) is 4.04. The summed E-state index contributed by atoms with van der Waals surface area (Å²) in [6.07, 6.45) is 3.16. The molecule has 1 aliphatic rings. The Morgan fingerprint density at radius 1 is 1.12 bits per heavy atom.